The Kier molecular flexibility index (Phi) is 2.48. The van der Waals surface area contributed by atoms with E-state index in [1.165, 1.54) is 23.1 Å². The number of nitrogens with zero attached hydrogens (tertiary/aromatic N) is 2. The first-order valence-electron chi connectivity index (χ1n) is 5.99. The highest BCUT2D eigenvalue weighted by Gasteiger charge is 2.41. The van der Waals surface area contributed by atoms with E-state index in [9.17, 15) is 19.7 Å². The minimum absolute atomic E-state index is 0.0229. The number of hydrogen-bond acceptors (Lipinski definition) is 4. The summed E-state index contributed by atoms with van der Waals surface area (Å²) in [5, 5.41) is 13.6. The Hall–Kier alpha value is -2.44. The van der Waals surface area contributed by atoms with E-state index in [0.717, 1.165) is 6.42 Å². The molecule has 1 atom stereocenters. The number of carbonyl (C=O) groups is 2. The van der Waals surface area contributed by atoms with E-state index in [0.29, 0.717) is 13.0 Å². The van der Waals surface area contributed by atoms with Crippen molar-refractivity contribution in [3.05, 3.63) is 33.9 Å². The van der Waals surface area contributed by atoms with Crippen molar-refractivity contribution < 1.29 is 14.5 Å². The molecule has 19 heavy (non-hydrogen) atoms. The van der Waals surface area contributed by atoms with Gasteiger partial charge in [0.2, 0.25) is 5.91 Å². The van der Waals surface area contributed by atoms with Gasteiger partial charge in [0.25, 0.3) is 11.6 Å². The average molecular weight is 261 g/mol. The molecule has 0 spiro atoms. The number of carbonyl (C=O) groups excluding carboxylic acids is 2. The minimum atomic E-state index is -0.598. The van der Waals surface area contributed by atoms with Crippen molar-refractivity contribution >= 4 is 23.2 Å². The first-order valence-corrected chi connectivity index (χ1v) is 5.99. The quantitative estimate of drug-likeness (QED) is 0.606. The fourth-order valence-corrected chi connectivity index (χ4v) is 2.66. The maximum absolute atomic E-state index is 12.4. The highest BCUT2D eigenvalue weighted by atomic mass is 16.6. The Morgan fingerprint density at radius 2 is 2.16 bits per heavy atom. The van der Waals surface area contributed by atoms with Crippen molar-refractivity contribution in [3.8, 4) is 0 Å². The Balaban J connectivity index is 2.19. The van der Waals surface area contributed by atoms with E-state index in [-0.39, 0.29) is 22.8 Å². The summed E-state index contributed by atoms with van der Waals surface area (Å²) >= 11 is 0. The molecule has 0 bridgehead atoms. The number of fused-ring (bicyclic) bond motifs is 2. The molecular weight excluding hydrogens is 250 g/mol. The highest BCUT2D eigenvalue weighted by molar-refractivity contribution is 6.12. The SMILES string of the molecule is O=C1Nc2cccc([N+](=O)[O-])c2C(=O)N2CCCC12. The fourth-order valence-electron chi connectivity index (χ4n) is 2.66. The molecule has 7 heteroatoms. The second kappa shape index (κ2) is 4.04. The van der Waals surface area contributed by atoms with Crippen LogP contribution in [-0.4, -0.2) is 34.2 Å². The molecule has 1 aromatic rings. The Bertz CT molecular complexity index is 599. The van der Waals surface area contributed by atoms with Crippen LogP contribution >= 0.6 is 0 Å². The summed E-state index contributed by atoms with van der Waals surface area (Å²) in [5.74, 6) is -0.715. The summed E-state index contributed by atoms with van der Waals surface area (Å²) < 4.78 is 0. The van der Waals surface area contributed by atoms with Crippen LogP contribution in [0.3, 0.4) is 0 Å². The first-order chi connectivity index (χ1) is 9.09. The first kappa shape index (κ1) is 11.6. The van der Waals surface area contributed by atoms with Crippen LogP contribution in [-0.2, 0) is 4.79 Å². The molecule has 2 aliphatic heterocycles. The summed E-state index contributed by atoms with van der Waals surface area (Å²) in [5.41, 5.74) is -0.0702. The van der Waals surface area contributed by atoms with Crippen molar-refractivity contribution in [3.63, 3.8) is 0 Å². The van der Waals surface area contributed by atoms with Crippen molar-refractivity contribution in [1.29, 1.82) is 0 Å². The maximum Gasteiger partial charge on any atom is 0.284 e. The molecule has 1 unspecified atom stereocenters. The number of amides is 2. The summed E-state index contributed by atoms with van der Waals surface area (Å²) in [4.78, 5) is 36.3. The average Bonchev–Trinajstić information content (AvgIpc) is 2.83. The van der Waals surface area contributed by atoms with Gasteiger partial charge in [0.1, 0.15) is 11.6 Å². The van der Waals surface area contributed by atoms with Gasteiger partial charge in [-0.1, -0.05) is 6.07 Å². The molecular formula is C12H11N3O4. The standard InChI is InChI=1S/C12H11N3O4/c16-11-9-5-2-6-14(9)12(17)10-7(13-11)3-1-4-8(10)15(18)19/h1,3-4,9H,2,5-6H2,(H,13,16). The van der Waals surface area contributed by atoms with Crippen molar-refractivity contribution in [1.82, 2.24) is 4.90 Å². The summed E-state index contributed by atoms with van der Waals surface area (Å²) in [6, 6.07) is 3.74. The van der Waals surface area contributed by atoms with Crippen LogP contribution in [0.2, 0.25) is 0 Å². The molecule has 2 amide bonds. The van der Waals surface area contributed by atoms with Crippen LogP contribution in [0.25, 0.3) is 0 Å². The third-order valence-corrected chi connectivity index (χ3v) is 3.53. The Morgan fingerprint density at radius 1 is 1.37 bits per heavy atom. The van der Waals surface area contributed by atoms with Crippen LogP contribution in [0, 0.1) is 10.1 Å². The van der Waals surface area contributed by atoms with Gasteiger partial charge in [0.15, 0.2) is 0 Å². The highest BCUT2D eigenvalue weighted by Crippen LogP contribution is 2.33. The number of anilines is 1. The molecule has 7 nitrogen and oxygen atoms in total. The molecule has 98 valence electrons. The topological polar surface area (TPSA) is 92.5 Å². The Morgan fingerprint density at radius 3 is 2.89 bits per heavy atom. The van der Waals surface area contributed by atoms with Crippen molar-refractivity contribution in [2.24, 2.45) is 0 Å². The van der Waals surface area contributed by atoms with Gasteiger partial charge in [0, 0.05) is 12.6 Å². The van der Waals surface area contributed by atoms with E-state index in [4.69, 9.17) is 0 Å². The van der Waals surface area contributed by atoms with Gasteiger partial charge in [-0.15, -0.1) is 0 Å². The lowest BCUT2D eigenvalue weighted by Crippen LogP contribution is -2.40. The maximum atomic E-state index is 12.4. The molecule has 0 aliphatic carbocycles. The largest absolute Gasteiger partial charge is 0.326 e. The van der Waals surface area contributed by atoms with E-state index in [2.05, 4.69) is 5.32 Å². The third-order valence-electron chi connectivity index (χ3n) is 3.53. The predicted molar refractivity (Wildman–Crippen MR) is 65.8 cm³/mol. The zero-order valence-corrected chi connectivity index (χ0v) is 9.96. The predicted octanol–water partition coefficient (Wildman–Crippen LogP) is 1.15. The Labute approximate surface area is 108 Å². The normalized spacial score (nSPS) is 21.5. The lowest BCUT2D eigenvalue weighted by atomic mass is 10.1. The molecule has 3 rings (SSSR count). The van der Waals surface area contributed by atoms with Gasteiger partial charge in [-0.2, -0.15) is 0 Å². The zero-order chi connectivity index (χ0) is 13.6. The second-order valence-corrected chi connectivity index (χ2v) is 4.60. The van der Waals surface area contributed by atoms with Crippen LogP contribution in [0.1, 0.15) is 23.2 Å². The van der Waals surface area contributed by atoms with Gasteiger partial charge in [-0.3, -0.25) is 19.7 Å². The summed E-state index contributed by atoms with van der Waals surface area (Å²) in [7, 11) is 0. The van der Waals surface area contributed by atoms with Crippen LogP contribution in [0.15, 0.2) is 18.2 Å². The van der Waals surface area contributed by atoms with Crippen molar-refractivity contribution in [2.75, 3.05) is 11.9 Å². The number of nitrogens with one attached hydrogen (secondary N) is 1. The van der Waals surface area contributed by atoms with Gasteiger partial charge in [-0.05, 0) is 18.9 Å². The van der Waals surface area contributed by atoms with E-state index in [1.807, 2.05) is 0 Å². The third kappa shape index (κ3) is 1.66. The number of rotatable bonds is 1. The number of nitro benzene ring substituents is 1. The smallest absolute Gasteiger partial charge is 0.284 e. The van der Waals surface area contributed by atoms with Crippen LogP contribution < -0.4 is 5.32 Å². The van der Waals surface area contributed by atoms with Gasteiger partial charge in [-0.25, -0.2) is 0 Å². The lowest BCUT2D eigenvalue weighted by Gasteiger charge is -2.19. The lowest BCUT2D eigenvalue weighted by molar-refractivity contribution is -0.385. The van der Waals surface area contributed by atoms with Crippen molar-refractivity contribution in [2.45, 2.75) is 18.9 Å². The minimum Gasteiger partial charge on any atom is -0.326 e. The molecule has 0 aromatic heterocycles. The molecule has 2 heterocycles. The van der Waals surface area contributed by atoms with Crippen LogP contribution in [0.4, 0.5) is 11.4 Å². The molecule has 1 saturated heterocycles. The van der Waals surface area contributed by atoms with Gasteiger partial charge < -0.3 is 10.2 Å². The summed E-state index contributed by atoms with van der Waals surface area (Å²) in [6.45, 7) is 0.461. The second-order valence-electron chi connectivity index (χ2n) is 4.60. The number of hydrogen-bond donors (Lipinski definition) is 1. The molecule has 1 aromatic carbocycles. The fraction of sp³-hybridized carbons (Fsp3) is 0.333. The molecule has 0 radical (unpaired) electrons. The summed E-state index contributed by atoms with van der Waals surface area (Å²) in [6.07, 6.45) is 1.33. The molecule has 0 saturated carbocycles. The number of nitro groups is 1. The molecule has 2 aliphatic rings. The van der Waals surface area contributed by atoms with E-state index in [1.54, 1.807) is 0 Å². The molecule has 1 fully saturated rings. The van der Waals surface area contributed by atoms with Crippen LogP contribution in [0.5, 0.6) is 0 Å². The van der Waals surface area contributed by atoms with E-state index < -0.39 is 16.9 Å². The van der Waals surface area contributed by atoms with Gasteiger partial charge in [0.05, 0.1) is 10.6 Å². The zero-order valence-electron chi connectivity index (χ0n) is 9.96. The monoisotopic (exact) mass is 261 g/mol. The molecule has 1 N–H and O–H groups in total. The number of benzene rings is 1. The van der Waals surface area contributed by atoms with E-state index >= 15 is 0 Å². The van der Waals surface area contributed by atoms with Gasteiger partial charge >= 0.3 is 0 Å².